The number of carbonyl (C=O) groups is 4. The van der Waals surface area contributed by atoms with Crippen LogP contribution < -0.4 is 0 Å². The number of benzene rings is 4. The summed E-state index contributed by atoms with van der Waals surface area (Å²) in [5, 5.41) is 78.2. The minimum atomic E-state index is -3.95. The molecule has 4 heterocycles. The third-order valence-electron chi connectivity index (χ3n) is 12.6. The molecule has 0 aromatic heterocycles. The van der Waals surface area contributed by atoms with Gasteiger partial charge in [0.1, 0.15) is 24.2 Å². The van der Waals surface area contributed by atoms with Crippen molar-refractivity contribution in [3.63, 3.8) is 0 Å². The monoisotopic (exact) mass is 1410 g/mol. The topological polar surface area (TPSA) is 471 Å². The summed E-state index contributed by atoms with van der Waals surface area (Å²) >= 11 is 0. The minimum Gasteiger partial charge on any atom is -0.480 e. The molecular formula is C44H48N8O24Rh2S4. The molecular weight excluding hydrogens is 1360 g/mol. The minimum absolute atomic E-state index is 0. The quantitative estimate of drug-likeness (QED) is 0.0710. The Morgan fingerprint density at radius 3 is 0.610 bits per heavy atom. The van der Waals surface area contributed by atoms with Crippen molar-refractivity contribution in [1.82, 2.24) is 17.2 Å². The maximum atomic E-state index is 12.3. The molecule has 0 amide bonds. The van der Waals surface area contributed by atoms with Gasteiger partial charge in [-0.25, -0.2) is 33.7 Å². The van der Waals surface area contributed by atoms with Gasteiger partial charge in [0.15, 0.2) is 0 Å². The molecule has 32 nitrogen and oxygen atoms in total. The number of sulfonamides is 4. The largest absolute Gasteiger partial charge is 0.480 e. The summed E-state index contributed by atoms with van der Waals surface area (Å²) in [6.07, 6.45) is 2.96. The van der Waals surface area contributed by atoms with E-state index in [-0.39, 0.29) is 133 Å². The van der Waals surface area contributed by atoms with Gasteiger partial charge in [0.25, 0.3) is 22.7 Å². The maximum Gasteiger partial charge on any atom is 0.322 e. The Morgan fingerprint density at radius 1 is 0.341 bits per heavy atom. The summed E-state index contributed by atoms with van der Waals surface area (Å²) < 4.78 is 102. The molecule has 8 rings (SSSR count). The second-order valence-corrected chi connectivity index (χ2v) is 25.0. The third kappa shape index (κ3) is 16.3. The fraction of sp³-hybridized carbons (Fsp3) is 0.364. The summed E-state index contributed by atoms with van der Waals surface area (Å²) in [6.45, 7) is 0.541. The average Bonchev–Trinajstić information content (AvgIpc) is 4.27. The number of nitro benzene ring substituents is 4. The normalized spacial score (nSPS) is 19.4. The van der Waals surface area contributed by atoms with E-state index in [1.807, 2.05) is 0 Å². The molecule has 2 radical (unpaired) electrons. The van der Waals surface area contributed by atoms with E-state index in [9.17, 15) is 93.3 Å². The van der Waals surface area contributed by atoms with Gasteiger partial charge in [-0.1, -0.05) is 0 Å². The number of carboxylic acids is 4. The van der Waals surface area contributed by atoms with Gasteiger partial charge in [0, 0.05) is 114 Å². The molecule has 4 N–H and O–H groups in total. The second kappa shape index (κ2) is 29.0. The molecule has 4 atom stereocenters. The average molecular weight is 1410 g/mol. The number of non-ortho nitro benzene ring substituents is 4. The van der Waals surface area contributed by atoms with Crippen molar-refractivity contribution in [2.24, 2.45) is 0 Å². The van der Waals surface area contributed by atoms with Gasteiger partial charge in [-0.2, -0.15) is 17.2 Å². The van der Waals surface area contributed by atoms with E-state index in [0.717, 1.165) is 114 Å². The fourth-order valence-electron chi connectivity index (χ4n) is 8.60. The molecule has 38 heteroatoms. The molecule has 0 aliphatic carbocycles. The maximum absolute atomic E-state index is 12.3. The number of aliphatic carboxylic acids is 4. The molecule has 0 bridgehead atoms. The Balaban J connectivity index is 0.000000285. The molecule has 4 aliphatic rings. The number of rotatable bonds is 16. The number of hydrogen-bond acceptors (Lipinski definition) is 20. The van der Waals surface area contributed by atoms with Crippen molar-refractivity contribution >= 4 is 86.7 Å². The summed E-state index contributed by atoms with van der Waals surface area (Å²) in [5.41, 5.74) is -0.888. The van der Waals surface area contributed by atoms with E-state index in [0.29, 0.717) is 25.7 Å². The molecule has 4 aromatic carbocycles. The predicted molar refractivity (Wildman–Crippen MR) is 271 cm³/mol. The second-order valence-electron chi connectivity index (χ2n) is 17.5. The number of carboxylic acid groups (broad SMARTS) is 4. The summed E-state index contributed by atoms with van der Waals surface area (Å²) in [5.74, 6) is -4.75. The van der Waals surface area contributed by atoms with Crippen LogP contribution in [-0.2, 0) is 98.2 Å². The Bertz CT molecular complexity index is 3030. The summed E-state index contributed by atoms with van der Waals surface area (Å²) in [6, 6.07) is 13.3. The van der Waals surface area contributed by atoms with Crippen LogP contribution in [0.2, 0.25) is 0 Å². The van der Waals surface area contributed by atoms with Crippen LogP contribution in [0.4, 0.5) is 22.7 Å². The van der Waals surface area contributed by atoms with E-state index in [1.165, 1.54) is 0 Å². The van der Waals surface area contributed by atoms with Crippen molar-refractivity contribution in [2.75, 3.05) is 26.2 Å². The first-order valence-electron chi connectivity index (χ1n) is 23.3. The van der Waals surface area contributed by atoms with Gasteiger partial charge < -0.3 is 20.4 Å². The number of nitrogens with zero attached hydrogens (tertiary/aromatic N) is 8. The van der Waals surface area contributed by atoms with Gasteiger partial charge in [-0.15, -0.1) is 0 Å². The standard InChI is InChI=1S/4C11H12N2O6S.2Rh/c4*14-11(15)10-2-1-7-12(10)20(18,19)9-5-3-8(4-6-9)13(16)17;;/h4*3-6,10H,1-2,7H2,(H,14,15);;. The first kappa shape index (κ1) is 69.5. The zero-order valence-electron chi connectivity index (χ0n) is 41.9. The van der Waals surface area contributed by atoms with Crippen LogP contribution in [0.25, 0.3) is 0 Å². The smallest absolute Gasteiger partial charge is 0.322 e. The SMILES string of the molecule is O=C(O)C1CCCN1S(=O)(=O)c1ccc([N+](=O)[O-])cc1.O=C(O)C1CCCN1S(=O)(=O)c1ccc([N+](=O)[O-])cc1.O=C(O)C1CCCN1S(=O)(=O)c1ccc([N+](=O)[O-])cc1.O=C(O)C1CCCN1S(=O)(=O)c1ccc([N+](=O)[O-])cc1.[Rh].[Rh]. The van der Waals surface area contributed by atoms with Crippen LogP contribution in [-0.4, -0.2) is 165 Å². The van der Waals surface area contributed by atoms with Gasteiger partial charge in [-0.05, 0) is 99.9 Å². The first-order valence-corrected chi connectivity index (χ1v) is 29.1. The van der Waals surface area contributed by atoms with Crippen LogP contribution in [0, 0.1) is 40.5 Å². The van der Waals surface area contributed by atoms with Crippen molar-refractivity contribution in [1.29, 1.82) is 0 Å². The predicted octanol–water partition coefficient (Wildman–Crippen LogP) is 3.33. The van der Waals surface area contributed by atoms with Crippen molar-refractivity contribution < 1.29 is 132 Å². The van der Waals surface area contributed by atoms with Crippen molar-refractivity contribution in [3.8, 4) is 0 Å². The summed E-state index contributed by atoms with van der Waals surface area (Å²) in [4.78, 5) is 83.2. The zero-order chi connectivity index (χ0) is 59.7. The zero-order valence-corrected chi connectivity index (χ0v) is 48.4. The van der Waals surface area contributed by atoms with E-state index in [1.54, 1.807) is 0 Å². The molecule has 4 saturated heterocycles. The van der Waals surface area contributed by atoms with Crippen molar-refractivity contribution in [2.45, 2.75) is 95.1 Å². The van der Waals surface area contributed by atoms with Gasteiger partial charge >= 0.3 is 23.9 Å². The van der Waals surface area contributed by atoms with Gasteiger partial charge in [-0.3, -0.25) is 59.6 Å². The van der Waals surface area contributed by atoms with E-state index in [4.69, 9.17) is 20.4 Å². The molecule has 4 unspecified atom stereocenters. The Kier molecular flexibility index (Phi) is 24.6. The Morgan fingerprint density at radius 2 is 0.488 bits per heavy atom. The first-order chi connectivity index (χ1) is 37.3. The molecule has 4 fully saturated rings. The summed E-state index contributed by atoms with van der Waals surface area (Å²) in [7, 11) is -15.8. The molecule has 82 heavy (non-hydrogen) atoms. The molecule has 0 saturated carbocycles. The van der Waals surface area contributed by atoms with E-state index < -0.39 is 108 Å². The molecule has 0 spiro atoms. The third-order valence-corrected chi connectivity index (χ3v) is 20.3. The molecule has 450 valence electrons. The fourth-order valence-corrected chi connectivity index (χ4v) is 15.2. The number of nitro groups is 4. The van der Waals surface area contributed by atoms with Crippen LogP contribution in [0.15, 0.2) is 117 Å². The van der Waals surface area contributed by atoms with E-state index in [2.05, 4.69) is 0 Å². The Hall–Kier alpha value is -6.75. The van der Waals surface area contributed by atoms with E-state index >= 15 is 0 Å². The van der Waals surface area contributed by atoms with Crippen LogP contribution in [0.3, 0.4) is 0 Å². The van der Waals surface area contributed by atoms with Crippen molar-refractivity contribution in [3.05, 3.63) is 138 Å². The van der Waals surface area contributed by atoms with Gasteiger partial charge in [0.05, 0.1) is 39.3 Å². The Labute approximate surface area is 491 Å². The van der Waals surface area contributed by atoms with Crippen LogP contribution in [0.5, 0.6) is 0 Å². The van der Waals surface area contributed by atoms with Crippen LogP contribution in [0.1, 0.15) is 51.4 Å². The molecule has 4 aliphatic heterocycles. The van der Waals surface area contributed by atoms with Crippen LogP contribution >= 0.6 is 0 Å². The van der Waals surface area contributed by atoms with Gasteiger partial charge in [0.2, 0.25) is 40.1 Å². The number of hydrogen-bond donors (Lipinski definition) is 4. The molecule has 4 aromatic rings.